The summed E-state index contributed by atoms with van der Waals surface area (Å²) in [4.78, 5) is 11.3. The molecule has 1 aromatic carbocycles. The van der Waals surface area contributed by atoms with E-state index in [-0.39, 0.29) is 5.92 Å². The summed E-state index contributed by atoms with van der Waals surface area (Å²) >= 11 is 0. The van der Waals surface area contributed by atoms with Crippen LogP contribution in [0.25, 0.3) is 0 Å². The minimum absolute atomic E-state index is 0.279. The van der Waals surface area contributed by atoms with Crippen LogP contribution in [0.5, 0.6) is 0 Å². The van der Waals surface area contributed by atoms with Gasteiger partial charge in [-0.05, 0) is 31.4 Å². The molecule has 0 spiro atoms. The molecule has 16 heavy (non-hydrogen) atoms. The van der Waals surface area contributed by atoms with Gasteiger partial charge in [0.25, 0.3) is 0 Å². The molecular formula is C15H16O. The van der Waals surface area contributed by atoms with Gasteiger partial charge in [-0.25, -0.2) is 0 Å². The lowest BCUT2D eigenvalue weighted by molar-refractivity contribution is -0.120. The lowest BCUT2D eigenvalue weighted by Crippen LogP contribution is -2.13. The Balaban J connectivity index is 2.10. The Morgan fingerprint density at radius 1 is 1.31 bits per heavy atom. The van der Waals surface area contributed by atoms with Crippen molar-refractivity contribution in [3.8, 4) is 11.8 Å². The van der Waals surface area contributed by atoms with Gasteiger partial charge in [0.15, 0.2) is 0 Å². The molecule has 1 nitrogen and oxygen atoms in total. The van der Waals surface area contributed by atoms with Crippen molar-refractivity contribution in [1.29, 1.82) is 0 Å². The minimum Gasteiger partial charge on any atom is -0.300 e. The van der Waals surface area contributed by atoms with Gasteiger partial charge in [-0.1, -0.05) is 30.0 Å². The van der Waals surface area contributed by atoms with Crippen molar-refractivity contribution in [2.45, 2.75) is 32.6 Å². The Morgan fingerprint density at radius 3 is 2.88 bits per heavy atom. The van der Waals surface area contributed by atoms with Crippen LogP contribution in [0.3, 0.4) is 0 Å². The molecule has 1 fully saturated rings. The Hall–Kier alpha value is -1.55. The van der Waals surface area contributed by atoms with E-state index in [0.717, 1.165) is 24.8 Å². The highest BCUT2D eigenvalue weighted by atomic mass is 16.1. The summed E-state index contributed by atoms with van der Waals surface area (Å²) in [5.41, 5.74) is 2.29. The lowest BCUT2D eigenvalue weighted by Gasteiger charge is -2.14. The van der Waals surface area contributed by atoms with Crippen LogP contribution < -0.4 is 0 Å². The first kappa shape index (κ1) is 11.0. The molecule has 0 radical (unpaired) electrons. The summed E-state index contributed by atoms with van der Waals surface area (Å²) < 4.78 is 0. The summed E-state index contributed by atoms with van der Waals surface area (Å²) in [6.07, 6.45) is 3.48. The van der Waals surface area contributed by atoms with Crippen LogP contribution in [0, 0.1) is 24.7 Å². The van der Waals surface area contributed by atoms with Gasteiger partial charge < -0.3 is 0 Å². The van der Waals surface area contributed by atoms with Crippen molar-refractivity contribution >= 4 is 5.78 Å². The summed E-state index contributed by atoms with van der Waals surface area (Å²) in [7, 11) is 0. The van der Waals surface area contributed by atoms with Gasteiger partial charge in [0.1, 0.15) is 5.78 Å². The number of rotatable bonds is 0. The van der Waals surface area contributed by atoms with Gasteiger partial charge in [0.2, 0.25) is 0 Å². The quantitative estimate of drug-likeness (QED) is 0.604. The summed E-state index contributed by atoms with van der Waals surface area (Å²) in [6.45, 7) is 2.07. The van der Waals surface area contributed by atoms with Gasteiger partial charge in [-0.3, -0.25) is 4.79 Å². The number of benzene rings is 1. The number of ketones is 1. The number of aryl methyl sites for hydroxylation is 1. The largest absolute Gasteiger partial charge is 0.300 e. The number of hydrogen-bond acceptors (Lipinski definition) is 1. The molecule has 1 aliphatic carbocycles. The number of Topliss-reactive ketones (excluding diaryl/α,β-unsaturated/α-hetero) is 1. The smallest absolute Gasteiger partial charge is 0.134 e. The summed E-state index contributed by atoms with van der Waals surface area (Å²) in [5.74, 6) is 7.09. The minimum atomic E-state index is 0.279. The van der Waals surface area contributed by atoms with E-state index in [4.69, 9.17) is 0 Å². The van der Waals surface area contributed by atoms with Crippen molar-refractivity contribution in [3.63, 3.8) is 0 Å². The molecule has 1 unspecified atom stereocenters. The molecule has 0 saturated heterocycles. The van der Waals surface area contributed by atoms with Gasteiger partial charge in [-0.2, -0.15) is 0 Å². The predicted molar refractivity (Wildman–Crippen MR) is 65.0 cm³/mol. The number of carbonyl (C=O) groups excluding carboxylic acids is 1. The fraction of sp³-hybridized carbons (Fsp3) is 0.400. The van der Waals surface area contributed by atoms with E-state index in [1.54, 1.807) is 0 Å². The third-order valence-corrected chi connectivity index (χ3v) is 3.04. The van der Waals surface area contributed by atoms with Crippen LogP contribution in [0.4, 0.5) is 0 Å². The fourth-order valence-electron chi connectivity index (χ4n) is 2.04. The van der Waals surface area contributed by atoms with E-state index in [1.807, 2.05) is 18.2 Å². The maximum atomic E-state index is 11.3. The Labute approximate surface area is 96.9 Å². The molecule has 0 aliphatic heterocycles. The first-order valence-electron chi connectivity index (χ1n) is 5.84. The fourth-order valence-corrected chi connectivity index (χ4v) is 2.04. The van der Waals surface area contributed by atoms with Gasteiger partial charge in [0, 0.05) is 24.3 Å². The molecule has 1 atom stereocenters. The van der Waals surface area contributed by atoms with Crippen molar-refractivity contribution in [2.75, 3.05) is 0 Å². The number of carbonyl (C=O) groups is 1. The van der Waals surface area contributed by atoms with Gasteiger partial charge in [-0.15, -0.1) is 0 Å². The van der Waals surface area contributed by atoms with Crippen LogP contribution >= 0.6 is 0 Å². The van der Waals surface area contributed by atoms with Crippen LogP contribution in [0.15, 0.2) is 24.3 Å². The monoisotopic (exact) mass is 212 g/mol. The van der Waals surface area contributed by atoms with Crippen molar-refractivity contribution in [2.24, 2.45) is 5.92 Å². The van der Waals surface area contributed by atoms with Crippen molar-refractivity contribution < 1.29 is 4.79 Å². The maximum Gasteiger partial charge on any atom is 0.134 e. The Bertz CT molecular complexity index is 448. The lowest BCUT2D eigenvalue weighted by atomic mass is 9.88. The molecule has 1 aromatic rings. The first-order valence-corrected chi connectivity index (χ1v) is 5.84. The second-order valence-corrected chi connectivity index (χ2v) is 4.42. The number of hydrogen-bond donors (Lipinski definition) is 0. The highest BCUT2D eigenvalue weighted by Gasteiger charge is 2.17. The third-order valence-electron chi connectivity index (χ3n) is 3.04. The van der Waals surface area contributed by atoms with Crippen LogP contribution in [0.1, 0.15) is 36.8 Å². The first-order chi connectivity index (χ1) is 7.75. The standard InChI is InChI=1S/C15H16O/c1-12-5-2-3-7-14(12)10-9-13-6-4-8-15(16)11-13/h2-3,5,7,13H,4,6,8,11H2,1H3. The Kier molecular flexibility index (Phi) is 3.41. The average molecular weight is 212 g/mol. The maximum absolute atomic E-state index is 11.3. The molecule has 1 heteroatoms. The third kappa shape index (κ3) is 2.73. The van der Waals surface area contributed by atoms with Crippen molar-refractivity contribution in [1.82, 2.24) is 0 Å². The molecule has 0 bridgehead atoms. The predicted octanol–water partition coefficient (Wildman–Crippen LogP) is 3.11. The van der Waals surface area contributed by atoms with E-state index >= 15 is 0 Å². The van der Waals surface area contributed by atoms with E-state index in [0.29, 0.717) is 12.2 Å². The topological polar surface area (TPSA) is 17.1 Å². The highest BCUT2D eigenvalue weighted by Crippen LogP contribution is 2.20. The zero-order valence-corrected chi connectivity index (χ0v) is 9.62. The molecule has 2 rings (SSSR count). The Morgan fingerprint density at radius 2 is 2.12 bits per heavy atom. The van der Waals surface area contributed by atoms with Crippen LogP contribution in [-0.4, -0.2) is 5.78 Å². The van der Waals surface area contributed by atoms with Crippen molar-refractivity contribution in [3.05, 3.63) is 35.4 Å². The molecule has 0 aromatic heterocycles. The van der Waals surface area contributed by atoms with E-state index in [9.17, 15) is 4.79 Å². The molecule has 82 valence electrons. The summed E-state index contributed by atoms with van der Waals surface area (Å²) in [6, 6.07) is 8.12. The molecule has 0 N–H and O–H groups in total. The zero-order chi connectivity index (χ0) is 11.4. The second-order valence-electron chi connectivity index (χ2n) is 4.42. The summed E-state index contributed by atoms with van der Waals surface area (Å²) in [5, 5.41) is 0. The van der Waals surface area contributed by atoms with Gasteiger partial charge in [0.05, 0.1) is 0 Å². The van der Waals surface area contributed by atoms with Crippen LogP contribution in [0.2, 0.25) is 0 Å². The molecule has 0 amide bonds. The van der Waals surface area contributed by atoms with E-state index < -0.39 is 0 Å². The molecule has 1 saturated carbocycles. The molecule has 1 aliphatic rings. The normalized spacial score (nSPS) is 20.1. The van der Waals surface area contributed by atoms with E-state index in [1.165, 1.54) is 5.56 Å². The van der Waals surface area contributed by atoms with Crippen LogP contribution in [-0.2, 0) is 4.79 Å². The SMILES string of the molecule is Cc1ccccc1C#CC1CCCC(=O)C1. The van der Waals surface area contributed by atoms with E-state index in [2.05, 4.69) is 24.8 Å². The molecular weight excluding hydrogens is 196 g/mol. The second kappa shape index (κ2) is 4.99. The molecule has 0 heterocycles. The highest BCUT2D eigenvalue weighted by molar-refractivity contribution is 5.79. The zero-order valence-electron chi connectivity index (χ0n) is 9.62. The van der Waals surface area contributed by atoms with Gasteiger partial charge >= 0.3 is 0 Å². The average Bonchev–Trinajstić information content (AvgIpc) is 2.28.